The van der Waals surface area contributed by atoms with Gasteiger partial charge in [0.2, 0.25) is 0 Å². The summed E-state index contributed by atoms with van der Waals surface area (Å²) in [7, 11) is 0. The predicted molar refractivity (Wildman–Crippen MR) is 113 cm³/mol. The third-order valence-corrected chi connectivity index (χ3v) is 5.59. The Hall–Kier alpha value is -2.54. The summed E-state index contributed by atoms with van der Waals surface area (Å²) in [4.78, 5) is 4.69. The van der Waals surface area contributed by atoms with Gasteiger partial charge in [0.15, 0.2) is 11.7 Å². The minimum Gasteiger partial charge on any atom is -0.508 e. The van der Waals surface area contributed by atoms with Crippen LogP contribution in [0.2, 0.25) is 0 Å². The van der Waals surface area contributed by atoms with E-state index >= 15 is 0 Å². The largest absolute Gasteiger partial charge is 0.508 e. The van der Waals surface area contributed by atoms with E-state index in [0.717, 1.165) is 67.4 Å². The molecule has 0 saturated heterocycles. The van der Waals surface area contributed by atoms with Crippen LogP contribution in [0.3, 0.4) is 0 Å². The number of nitrogens with two attached hydrogens (primary N) is 1. The maximum absolute atomic E-state index is 9.85. The molecule has 150 valence electrons. The highest BCUT2D eigenvalue weighted by atomic mass is 16.3. The lowest BCUT2D eigenvalue weighted by Crippen LogP contribution is -2.46. The van der Waals surface area contributed by atoms with Crippen molar-refractivity contribution in [3.63, 3.8) is 0 Å². The van der Waals surface area contributed by atoms with Gasteiger partial charge in [-0.2, -0.15) is 5.10 Å². The van der Waals surface area contributed by atoms with E-state index in [4.69, 9.17) is 10.8 Å². The zero-order valence-electron chi connectivity index (χ0n) is 16.7. The van der Waals surface area contributed by atoms with Crippen LogP contribution >= 0.6 is 0 Å². The zero-order chi connectivity index (χ0) is 19.7. The zero-order valence-corrected chi connectivity index (χ0v) is 16.7. The third-order valence-electron chi connectivity index (χ3n) is 5.59. The first kappa shape index (κ1) is 18.8. The molecule has 1 aromatic rings. The molecule has 7 nitrogen and oxygen atoms in total. The van der Waals surface area contributed by atoms with Crippen LogP contribution in [0.1, 0.15) is 39.5 Å². The molecule has 28 heavy (non-hydrogen) atoms. The smallest absolute Gasteiger partial charge is 0.168 e. The quantitative estimate of drug-likeness (QED) is 0.642. The number of amidine groups is 2. The fourth-order valence-electron chi connectivity index (χ4n) is 4.13. The maximum atomic E-state index is 9.85. The number of fused-ring (bicyclic) bond motifs is 1. The average Bonchev–Trinajstić information content (AvgIpc) is 3.12. The van der Waals surface area contributed by atoms with Crippen molar-refractivity contribution in [2.75, 3.05) is 18.4 Å². The molecule has 1 aliphatic carbocycles. The molecule has 0 amide bonds. The van der Waals surface area contributed by atoms with Crippen molar-refractivity contribution in [2.45, 2.75) is 51.6 Å². The normalized spacial score (nSPS) is 24.8. The summed E-state index contributed by atoms with van der Waals surface area (Å²) in [5.41, 5.74) is 9.02. The highest BCUT2D eigenvalue weighted by Crippen LogP contribution is 2.29. The third kappa shape index (κ3) is 3.85. The second kappa shape index (κ2) is 7.83. The van der Waals surface area contributed by atoms with E-state index in [1.54, 1.807) is 12.1 Å². The van der Waals surface area contributed by atoms with Gasteiger partial charge in [-0.1, -0.05) is 19.9 Å². The average molecular weight is 383 g/mol. The van der Waals surface area contributed by atoms with E-state index < -0.39 is 0 Å². The van der Waals surface area contributed by atoms with E-state index in [0.29, 0.717) is 12.1 Å². The first-order chi connectivity index (χ1) is 13.5. The minimum atomic E-state index is 0.239. The number of aromatic hydroxyl groups is 1. The number of anilines is 1. The van der Waals surface area contributed by atoms with Gasteiger partial charge in [0.25, 0.3) is 0 Å². The molecular weight excluding hydrogens is 352 g/mol. The number of hydrogen-bond donors (Lipinski definition) is 4. The molecule has 0 aromatic heterocycles. The van der Waals surface area contributed by atoms with Crippen LogP contribution in [0.15, 0.2) is 45.6 Å². The predicted octanol–water partition coefficient (Wildman–Crippen LogP) is 2.61. The van der Waals surface area contributed by atoms with Gasteiger partial charge in [0.05, 0.1) is 18.8 Å². The van der Waals surface area contributed by atoms with E-state index in [9.17, 15) is 5.11 Å². The number of rotatable bonds is 4. The second-order valence-corrected chi connectivity index (χ2v) is 8.15. The van der Waals surface area contributed by atoms with Crippen LogP contribution in [0.25, 0.3) is 0 Å². The molecule has 5 N–H and O–H groups in total. The van der Waals surface area contributed by atoms with Gasteiger partial charge in [0, 0.05) is 29.4 Å². The Kier molecular flexibility index (Phi) is 5.26. The van der Waals surface area contributed by atoms with Gasteiger partial charge < -0.3 is 21.5 Å². The van der Waals surface area contributed by atoms with Crippen LogP contribution in [-0.2, 0) is 0 Å². The number of nitrogens with zero attached hydrogens (tertiary/aromatic N) is 3. The fourth-order valence-corrected chi connectivity index (χ4v) is 4.13. The Morgan fingerprint density at radius 2 is 2.00 bits per heavy atom. The molecule has 7 heteroatoms. The van der Waals surface area contributed by atoms with E-state index in [1.807, 2.05) is 17.1 Å². The van der Waals surface area contributed by atoms with Crippen molar-refractivity contribution in [3.05, 3.63) is 35.5 Å². The van der Waals surface area contributed by atoms with E-state index in [2.05, 4.69) is 29.5 Å². The summed E-state index contributed by atoms with van der Waals surface area (Å²) in [6, 6.07) is 7.91. The molecular formula is C21H30N6O. The van der Waals surface area contributed by atoms with Gasteiger partial charge in [-0.25, -0.2) is 5.01 Å². The molecule has 1 fully saturated rings. The van der Waals surface area contributed by atoms with Gasteiger partial charge in [-0.15, -0.1) is 0 Å². The second-order valence-electron chi connectivity index (χ2n) is 8.15. The van der Waals surface area contributed by atoms with Crippen molar-refractivity contribution in [3.8, 4) is 5.75 Å². The molecule has 3 aliphatic rings. The number of phenolic OH excluding ortho intramolecular Hbond substituents is 1. The summed E-state index contributed by atoms with van der Waals surface area (Å²) >= 11 is 0. The number of hydrogen-bond acceptors (Lipinski definition) is 7. The molecule has 1 saturated carbocycles. The minimum absolute atomic E-state index is 0.239. The topological polar surface area (TPSA) is 98.3 Å². The molecule has 0 radical (unpaired) electrons. The molecule has 0 spiro atoms. The van der Waals surface area contributed by atoms with Crippen LogP contribution in [-0.4, -0.2) is 47.0 Å². The number of aliphatic imine (C=N–C) groups is 1. The van der Waals surface area contributed by atoms with Gasteiger partial charge in [-0.3, -0.25) is 4.99 Å². The fraction of sp³-hybridized carbons (Fsp3) is 0.524. The SMILES string of the molecule is CC(C)C1=C(Nc2cccc(O)c2)C2=NCCN2N=C1N[C@H]1CC[C@H](N)CC1. The summed E-state index contributed by atoms with van der Waals surface area (Å²) in [6.07, 6.45) is 4.25. The standard InChI is InChI=1S/C21H30N6O/c1-13(2)18-19(24-16-4-3-5-17(28)12-16)21-23-10-11-27(21)26-20(18)25-15-8-6-14(22)7-9-15/h3-5,12-15,24,28H,6-11,22H2,1-2H3,(H,25,26)/t14-,15-. The van der Waals surface area contributed by atoms with Gasteiger partial charge in [-0.05, 0) is 43.7 Å². The van der Waals surface area contributed by atoms with Crippen LogP contribution < -0.4 is 16.4 Å². The van der Waals surface area contributed by atoms with E-state index in [1.165, 1.54) is 0 Å². The van der Waals surface area contributed by atoms with Crippen LogP contribution in [0.4, 0.5) is 5.69 Å². The molecule has 0 atom stereocenters. The van der Waals surface area contributed by atoms with Crippen molar-refractivity contribution in [2.24, 2.45) is 21.7 Å². The highest BCUT2D eigenvalue weighted by molar-refractivity contribution is 6.14. The summed E-state index contributed by atoms with van der Waals surface area (Å²) < 4.78 is 0. The maximum Gasteiger partial charge on any atom is 0.168 e. The first-order valence-corrected chi connectivity index (χ1v) is 10.2. The highest BCUT2D eigenvalue weighted by Gasteiger charge is 2.33. The number of hydrazone groups is 1. The number of phenols is 1. The van der Waals surface area contributed by atoms with Crippen LogP contribution in [0.5, 0.6) is 5.75 Å². The van der Waals surface area contributed by atoms with Crippen molar-refractivity contribution in [1.82, 2.24) is 10.3 Å². The Morgan fingerprint density at radius 1 is 1.21 bits per heavy atom. The number of benzene rings is 1. The number of nitrogens with one attached hydrogen (secondary N) is 2. The Balaban J connectivity index is 1.67. The van der Waals surface area contributed by atoms with E-state index in [-0.39, 0.29) is 11.7 Å². The monoisotopic (exact) mass is 382 g/mol. The Labute approximate surface area is 166 Å². The van der Waals surface area contributed by atoms with Crippen molar-refractivity contribution < 1.29 is 5.11 Å². The Bertz CT molecular complexity index is 820. The summed E-state index contributed by atoms with van der Waals surface area (Å²) in [5, 5.41) is 23.9. The van der Waals surface area contributed by atoms with Gasteiger partial charge in [0.1, 0.15) is 5.75 Å². The molecule has 0 unspecified atom stereocenters. The molecule has 0 bridgehead atoms. The summed E-state index contributed by atoms with van der Waals surface area (Å²) in [6.45, 7) is 5.88. The van der Waals surface area contributed by atoms with Crippen LogP contribution in [0, 0.1) is 5.92 Å². The van der Waals surface area contributed by atoms with Crippen molar-refractivity contribution in [1.29, 1.82) is 0 Å². The lowest BCUT2D eigenvalue weighted by atomic mass is 9.90. The van der Waals surface area contributed by atoms with Gasteiger partial charge >= 0.3 is 0 Å². The Morgan fingerprint density at radius 3 is 2.71 bits per heavy atom. The molecule has 2 heterocycles. The lowest BCUT2D eigenvalue weighted by molar-refractivity contribution is 0.369. The lowest BCUT2D eigenvalue weighted by Gasteiger charge is -2.34. The summed E-state index contributed by atoms with van der Waals surface area (Å²) in [5.74, 6) is 2.31. The van der Waals surface area contributed by atoms with Crippen molar-refractivity contribution >= 4 is 17.4 Å². The molecule has 2 aliphatic heterocycles. The molecule has 4 rings (SSSR count). The molecule has 1 aromatic carbocycles. The first-order valence-electron chi connectivity index (χ1n) is 10.2.